The molecule has 0 aliphatic heterocycles. The molecule has 1 amide bonds. The predicted molar refractivity (Wildman–Crippen MR) is 63.0 cm³/mol. The molecule has 0 aliphatic carbocycles. The fourth-order valence-electron chi connectivity index (χ4n) is 1.33. The van der Waals surface area contributed by atoms with Crippen LogP contribution in [0.1, 0.15) is 18.4 Å². The van der Waals surface area contributed by atoms with Crippen molar-refractivity contribution >= 4 is 17.6 Å². The molecule has 5 heteroatoms. The number of benzene rings is 1. The molecular formula is C12H15NO4. The van der Waals surface area contributed by atoms with Crippen LogP contribution in [0.5, 0.6) is 0 Å². The maximum absolute atomic E-state index is 11.2. The Morgan fingerprint density at radius 3 is 2.41 bits per heavy atom. The van der Waals surface area contributed by atoms with Gasteiger partial charge in [0.25, 0.3) is 0 Å². The van der Waals surface area contributed by atoms with Crippen molar-refractivity contribution < 1.29 is 19.4 Å². The van der Waals surface area contributed by atoms with Crippen LogP contribution in [0.2, 0.25) is 0 Å². The van der Waals surface area contributed by atoms with E-state index in [1.807, 2.05) is 0 Å². The van der Waals surface area contributed by atoms with Crippen molar-refractivity contribution in [1.29, 1.82) is 0 Å². The summed E-state index contributed by atoms with van der Waals surface area (Å²) in [4.78, 5) is 22.0. The monoisotopic (exact) mass is 237 g/mol. The van der Waals surface area contributed by atoms with Crippen LogP contribution in [0.3, 0.4) is 0 Å². The Bertz CT molecular complexity index is 399. The minimum absolute atomic E-state index is 0.00667. The Hall–Kier alpha value is -1.88. The van der Waals surface area contributed by atoms with Crippen molar-refractivity contribution in [3.63, 3.8) is 0 Å². The second-order valence-corrected chi connectivity index (χ2v) is 3.66. The first-order chi connectivity index (χ1) is 8.04. The van der Waals surface area contributed by atoms with Crippen LogP contribution in [-0.2, 0) is 14.3 Å². The number of hydrogen-bond acceptors (Lipinski definition) is 3. The molecule has 1 rings (SSSR count). The summed E-state index contributed by atoms with van der Waals surface area (Å²) in [6, 6.07) is 6.70. The number of nitrogens with one attached hydrogen (secondary N) is 1. The van der Waals surface area contributed by atoms with E-state index in [9.17, 15) is 9.59 Å². The van der Waals surface area contributed by atoms with Crippen LogP contribution in [0.4, 0.5) is 5.69 Å². The zero-order valence-electron chi connectivity index (χ0n) is 9.77. The topological polar surface area (TPSA) is 75.6 Å². The summed E-state index contributed by atoms with van der Waals surface area (Å²) in [5, 5.41) is 11.5. The van der Waals surface area contributed by atoms with Crippen molar-refractivity contribution in [2.75, 3.05) is 19.0 Å². The van der Waals surface area contributed by atoms with Crippen LogP contribution in [-0.4, -0.2) is 30.7 Å². The summed E-state index contributed by atoms with van der Waals surface area (Å²) in [6.07, 6.45) is 0. The zero-order chi connectivity index (χ0) is 12.8. The third-order valence-corrected chi connectivity index (χ3v) is 2.34. The summed E-state index contributed by atoms with van der Waals surface area (Å²) in [6.45, 7) is 1.61. The molecule has 0 saturated heterocycles. The van der Waals surface area contributed by atoms with Gasteiger partial charge in [0.15, 0.2) is 0 Å². The number of ether oxygens (including phenoxy) is 1. The molecule has 1 unspecified atom stereocenters. The highest BCUT2D eigenvalue weighted by molar-refractivity contribution is 5.91. The van der Waals surface area contributed by atoms with Gasteiger partial charge in [0.2, 0.25) is 5.91 Å². The highest BCUT2D eigenvalue weighted by Crippen LogP contribution is 2.18. The van der Waals surface area contributed by atoms with Gasteiger partial charge in [-0.25, -0.2) is 0 Å². The van der Waals surface area contributed by atoms with Crippen LogP contribution >= 0.6 is 0 Å². The molecule has 1 aromatic rings. The normalized spacial score (nSPS) is 11.9. The van der Waals surface area contributed by atoms with Gasteiger partial charge in [-0.3, -0.25) is 9.59 Å². The molecule has 0 fully saturated rings. The van der Waals surface area contributed by atoms with E-state index >= 15 is 0 Å². The number of carbonyl (C=O) groups excluding carboxylic acids is 1. The van der Waals surface area contributed by atoms with Gasteiger partial charge in [0.05, 0.1) is 5.92 Å². The average Bonchev–Trinajstić information content (AvgIpc) is 2.29. The van der Waals surface area contributed by atoms with Gasteiger partial charge < -0.3 is 15.2 Å². The summed E-state index contributed by atoms with van der Waals surface area (Å²) in [7, 11) is 1.44. The average molecular weight is 237 g/mol. The summed E-state index contributed by atoms with van der Waals surface area (Å²) >= 11 is 0. The number of carboxylic acids is 1. The van der Waals surface area contributed by atoms with Crippen molar-refractivity contribution in [2.24, 2.45) is 0 Å². The van der Waals surface area contributed by atoms with Crippen molar-refractivity contribution in [3.8, 4) is 0 Å². The van der Waals surface area contributed by atoms with Gasteiger partial charge >= 0.3 is 5.97 Å². The number of hydrogen-bond donors (Lipinski definition) is 2. The molecule has 0 radical (unpaired) electrons. The Kier molecular flexibility index (Phi) is 4.66. The third-order valence-electron chi connectivity index (χ3n) is 2.34. The molecule has 92 valence electrons. The SMILES string of the molecule is COCC(=O)Nc1ccc(C(C)C(=O)O)cc1. The van der Waals surface area contributed by atoms with Crippen LogP contribution in [0.25, 0.3) is 0 Å². The highest BCUT2D eigenvalue weighted by atomic mass is 16.5. The molecule has 1 atom stereocenters. The standard InChI is InChI=1S/C12H15NO4/c1-8(12(15)16)9-3-5-10(6-4-9)13-11(14)7-17-2/h3-6,8H,7H2,1-2H3,(H,13,14)(H,15,16). The molecule has 2 N–H and O–H groups in total. The fraction of sp³-hybridized carbons (Fsp3) is 0.333. The van der Waals surface area contributed by atoms with E-state index in [4.69, 9.17) is 5.11 Å². The number of carboxylic acid groups (broad SMARTS) is 1. The Labute approximate surface area is 99.4 Å². The first kappa shape index (κ1) is 13.2. The lowest BCUT2D eigenvalue weighted by molar-refractivity contribution is -0.138. The van der Waals surface area contributed by atoms with Crippen molar-refractivity contribution in [1.82, 2.24) is 0 Å². The maximum Gasteiger partial charge on any atom is 0.310 e. The number of amides is 1. The largest absolute Gasteiger partial charge is 0.481 e. The van der Waals surface area contributed by atoms with Gasteiger partial charge in [-0.15, -0.1) is 0 Å². The molecule has 1 aromatic carbocycles. The quantitative estimate of drug-likeness (QED) is 0.812. The van der Waals surface area contributed by atoms with E-state index in [2.05, 4.69) is 10.1 Å². The number of anilines is 1. The van der Waals surface area contributed by atoms with Gasteiger partial charge in [-0.1, -0.05) is 12.1 Å². The number of carbonyl (C=O) groups is 2. The Balaban J connectivity index is 2.68. The summed E-state index contributed by atoms with van der Waals surface area (Å²) in [5.41, 5.74) is 1.32. The van der Waals surface area contributed by atoms with Crippen molar-refractivity contribution in [2.45, 2.75) is 12.8 Å². The van der Waals surface area contributed by atoms with Crippen LogP contribution in [0.15, 0.2) is 24.3 Å². The first-order valence-electron chi connectivity index (χ1n) is 5.16. The lowest BCUT2D eigenvalue weighted by Gasteiger charge is -2.08. The fourth-order valence-corrected chi connectivity index (χ4v) is 1.33. The van der Waals surface area contributed by atoms with E-state index in [0.717, 1.165) is 0 Å². The van der Waals surface area contributed by atoms with Gasteiger partial charge in [-0.2, -0.15) is 0 Å². The van der Waals surface area contributed by atoms with Crippen molar-refractivity contribution in [3.05, 3.63) is 29.8 Å². The molecule has 0 aromatic heterocycles. The minimum Gasteiger partial charge on any atom is -0.481 e. The number of methoxy groups -OCH3 is 1. The number of rotatable bonds is 5. The molecule has 5 nitrogen and oxygen atoms in total. The molecular weight excluding hydrogens is 222 g/mol. The summed E-state index contributed by atoms with van der Waals surface area (Å²) < 4.78 is 4.68. The molecule has 0 bridgehead atoms. The summed E-state index contributed by atoms with van der Waals surface area (Å²) in [5.74, 6) is -1.67. The number of aliphatic carboxylic acids is 1. The molecule has 0 aliphatic rings. The van der Waals surface area contributed by atoms with E-state index in [1.54, 1.807) is 31.2 Å². The van der Waals surface area contributed by atoms with E-state index in [-0.39, 0.29) is 12.5 Å². The van der Waals surface area contributed by atoms with E-state index in [0.29, 0.717) is 11.3 Å². The van der Waals surface area contributed by atoms with Gasteiger partial charge in [0, 0.05) is 12.8 Å². The van der Waals surface area contributed by atoms with E-state index in [1.165, 1.54) is 7.11 Å². The predicted octanol–water partition coefficient (Wildman–Crippen LogP) is 1.46. The first-order valence-corrected chi connectivity index (χ1v) is 5.16. The molecule has 0 heterocycles. The third kappa shape index (κ3) is 3.88. The van der Waals surface area contributed by atoms with Gasteiger partial charge in [0.1, 0.15) is 6.61 Å². The van der Waals surface area contributed by atoms with Gasteiger partial charge in [-0.05, 0) is 24.6 Å². The molecule has 17 heavy (non-hydrogen) atoms. The lowest BCUT2D eigenvalue weighted by atomic mass is 10.0. The second-order valence-electron chi connectivity index (χ2n) is 3.66. The highest BCUT2D eigenvalue weighted by Gasteiger charge is 2.13. The van der Waals surface area contributed by atoms with Crippen LogP contribution < -0.4 is 5.32 Å². The lowest BCUT2D eigenvalue weighted by Crippen LogP contribution is -2.17. The Morgan fingerprint density at radius 2 is 1.94 bits per heavy atom. The minimum atomic E-state index is -0.874. The Morgan fingerprint density at radius 1 is 1.35 bits per heavy atom. The molecule has 0 spiro atoms. The molecule has 0 saturated carbocycles. The smallest absolute Gasteiger partial charge is 0.310 e. The van der Waals surface area contributed by atoms with E-state index < -0.39 is 11.9 Å². The second kappa shape index (κ2) is 6.00. The van der Waals surface area contributed by atoms with Crippen LogP contribution in [0, 0.1) is 0 Å². The zero-order valence-corrected chi connectivity index (χ0v) is 9.77. The maximum atomic E-state index is 11.2.